The van der Waals surface area contributed by atoms with Crippen molar-refractivity contribution in [2.45, 2.75) is 0 Å². The van der Waals surface area contributed by atoms with E-state index >= 15 is 0 Å². The first-order valence-electron chi connectivity index (χ1n) is 9.08. The van der Waals surface area contributed by atoms with Crippen LogP contribution in [0.3, 0.4) is 0 Å². The third-order valence-corrected chi connectivity index (χ3v) is 4.94. The number of anilines is 1. The summed E-state index contributed by atoms with van der Waals surface area (Å²) in [5.74, 6) is 0.773. The molecule has 0 aliphatic rings. The molecule has 136 valence electrons. The van der Waals surface area contributed by atoms with Crippen LogP contribution < -0.4 is 5.32 Å². The van der Waals surface area contributed by atoms with Crippen molar-refractivity contribution in [2.75, 3.05) is 5.32 Å². The summed E-state index contributed by atoms with van der Waals surface area (Å²) in [6.45, 7) is 4.19. The van der Waals surface area contributed by atoms with Crippen LogP contribution in [0.1, 0.15) is 5.56 Å². The highest BCUT2D eigenvalue weighted by molar-refractivity contribution is 5.90. The van der Waals surface area contributed by atoms with Crippen molar-refractivity contribution in [1.82, 2.24) is 19.7 Å². The molecule has 3 heterocycles. The van der Waals surface area contributed by atoms with Gasteiger partial charge in [0, 0.05) is 53.2 Å². The molecule has 0 saturated carbocycles. The molecule has 5 nitrogen and oxygen atoms in total. The molecular formula is C23H19N5. The Morgan fingerprint density at radius 2 is 1.89 bits per heavy atom. The second-order valence-corrected chi connectivity index (χ2v) is 6.92. The zero-order valence-corrected chi connectivity index (χ0v) is 15.5. The van der Waals surface area contributed by atoms with Crippen molar-refractivity contribution in [3.05, 3.63) is 85.5 Å². The molecule has 0 spiro atoms. The number of aryl methyl sites for hydroxylation is 1. The van der Waals surface area contributed by atoms with E-state index in [-0.39, 0.29) is 0 Å². The predicted molar refractivity (Wildman–Crippen MR) is 115 cm³/mol. The van der Waals surface area contributed by atoms with Crippen LogP contribution in [0.15, 0.2) is 79.9 Å². The van der Waals surface area contributed by atoms with Crippen LogP contribution in [0.4, 0.5) is 5.82 Å². The van der Waals surface area contributed by atoms with Crippen LogP contribution in [-0.4, -0.2) is 19.7 Å². The number of H-pyrrole nitrogens is 1. The molecule has 0 unspecified atom stereocenters. The fourth-order valence-corrected chi connectivity index (χ4v) is 3.43. The van der Waals surface area contributed by atoms with Gasteiger partial charge in [-0.15, -0.1) is 0 Å². The van der Waals surface area contributed by atoms with Gasteiger partial charge >= 0.3 is 0 Å². The maximum absolute atomic E-state index is 4.54. The molecule has 2 N–H and O–H groups in total. The summed E-state index contributed by atoms with van der Waals surface area (Å²) in [6.07, 6.45) is 7.71. The van der Waals surface area contributed by atoms with Crippen LogP contribution in [-0.2, 0) is 7.05 Å². The first-order chi connectivity index (χ1) is 13.7. The topological polar surface area (TPSA) is 58.5 Å². The van der Waals surface area contributed by atoms with Gasteiger partial charge in [-0.25, -0.2) is 4.98 Å². The van der Waals surface area contributed by atoms with E-state index in [1.807, 2.05) is 36.5 Å². The molecule has 0 radical (unpaired) electrons. The molecule has 0 saturated heterocycles. The third kappa shape index (κ3) is 2.93. The molecule has 5 rings (SSSR count). The lowest BCUT2D eigenvalue weighted by molar-refractivity contribution is 0.768. The summed E-state index contributed by atoms with van der Waals surface area (Å²) in [4.78, 5) is 7.74. The van der Waals surface area contributed by atoms with Crippen molar-refractivity contribution in [1.29, 1.82) is 0 Å². The summed E-state index contributed by atoms with van der Waals surface area (Å²) >= 11 is 0. The number of aromatic amines is 1. The minimum Gasteiger partial charge on any atom is -0.361 e. The quantitative estimate of drug-likeness (QED) is 0.460. The lowest BCUT2D eigenvalue weighted by Crippen LogP contribution is -1.99. The van der Waals surface area contributed by atoms with Crippen LogP contribution >= 0.6 is 0 Å². The van der Waals surface area contributed by atoms with Gasteiger partial charge in [-0.2, -0.15) is 5.10 Å². The largest absolute Gasteiger partial charge is 0.361 e. The molecule has 0 amide bonds. The highest BCUT2D eigenvalue weighted by Gasteiger charge is 2.06. The summed E-state index contributed by atoms with van der Waals surface area (Å²) < 4.78 is 1.81. The fourth-order valence-electron chi connectivity index (χ4n) is 3.43. The molecule has 5 heteroatoms. The Labute approximate surface area is 162 Å². The Morgan fingerprint density at radius 3 is 2.75 bits per heavy atom. The minimum atomic E-state index is 0.773. The molecule has 0 atom stereocenters. The number of hydrogen-bond acceptors (Lipinski definition) is 3. The Bertz CT molecular complexity index is 1330. The van der Waals surface area contributed by atoms with Gasteiger partial charge in [0.1, 0.15) is 5.82 Å². The Balaban J connectivity index is 1.45. The number of pyridine rings is 1. The van der Waals surface area contributed by atoms with Gasteiger partial charge in [0.05, 0.1) is 6.20 Å². The first kappa shape index (κ1) is 16.3. The summed E-state index contributed by atoms with van der Waals surface area (Å²) in [7, 11) is 1.92. The number of hydrogen-bond donors (Lipinski definition) is 2. The molecule has 0 aliphatic heterocycles. The molecule has 0 fully saturated rings. The lowest BCUT2D eigenvalue weighted by Gasteiger charge is -2.10. The molecule has 28 heavy (non-hydrogen) atoms. The summed E-state index contributed by atoms with van der Waals surface area (Å²) in [5.41, 5.74) is 5.20. The van der Waals surface area contributed by atoms with Gasteiger partial charge in [0.2, 0.25) is 0 Å². The Kier molecular flexibility index (Phi) is 3.72. The maximum atomic E-state index is 4.54. The van der Waals surface area contributed by atoms with Crippen LogP contribution in [0.2, 0.25) is 0 Å². The first-order valence-corrected chi connectivity index (χ1v) is 9.08. The second kappa shape index (κ2) is 6.39. The van der Waals surface area contributed by atoms with E-state index in [9.17, 15) is 0 Å². The minimum absolute atomic E-state index is 0.773. The molecule has 0 aliphatic carbocycles. The monoisotopic (exact) mass is 365 g/mol. The maximum Gasteiger partial charge on any atom is 0.130 e. The van der Waals surface area contributed by atoms with Crippen molar-refractivity contribution in [3.63, 3.8) is 0 Å². The molecule has 3 aromatic heterocycles. The van der Waals surface area contributed by atoms with Crippen LogP contribution in [0.25, 0.3) is 38.5 Å². The second-order valence-electron chi connectivity index (χ2n) is 6.92. The zero-order valence-electron chi connectivity index (χ0n) is 15.5. The lowest BCUT2D eigenvalue weighted by atomic mass is 10.0. The summed E-state index contributed by atoms with van der Waals surface area (Å²) in [5, 5.41) is 11.0. The summed E-state index contributed by atoms with van der Waals surface area (Å²) in [6, 6.07) is 16.7. The normalized spacial score (nSPS) is 11.2. The number of benzene rings is 2. The van der Waals surface area contributed by atoms with Crippen molar-refractivity contribution in [3.8, 4) is 11.1 Å². The standard InChI is InChI=1S/C23H19N5/c1-15(16-5-6-22-18(9-16)7-8-24-22)27-23-11-20-10-17(3-4-19(20)12-25-23)21-13-26-28(2)14-21/h3-14,24H,1H2,2H3,(H,25,27). The van der Waals surface area contributed by atoms with Gasteiger partial charge in [-0.05, 0) is 46.8 Å². The number of nitrogens with one attached hydrogen (secondary N) is 2. The number of aromatic nitrogens is 4. The third-order valence-electron chi connectivity index (χ3n) is 4.94. The highest BCUT2D eigenvalue weighted by atomic mass is 15.2. The number of rotatable bonds is 4. The van der Waals surface area contributed by atoms with Crippen molar-refractivity contribution < 1.29 is 0 Å². The van der Waals surface area contributed by atoms with E-state index in [1.54, 1.807) is 0 Å². The van der Waals surface area contributed by atoms with Gasteiger partial charge in [0.25, 0.3) is 0 Å². The van der Waals surface area contributed by atoms with E-state index in [0.29, 0.717) is 0 Å². The molecular weight excluding hydrogens is 346 g/mol. The average molecular weight is 365 g/mol. The predicted octanol–water partition coefficient (Wildman–Crippen LogP) is 5.20. The van der Waals surface area contributed by atoms with Gasteiger partial charge in [-0.1, -0.05) is 24.8 Å². The van der Waals surface area contributed by atoms with Crippen molar-refractivity contribution in [2.24, 2.45) is 7.05 Å². The highest BCUT2D eigenvalue weighted by Crippen LogP contribution is 2.26. The smallest absolute Gasteiger partial charge is 0.130 e. The van der Waals surface area contributed by atoms with E-state index in [2.05, 4.69) is 75.5 Å². The number of nitrogens with zero attached hydrogens (tertiary/aromatic N) is 3. The molecule has 5 aromatic rings. The van der Waals surface area contributed by atoms with Crippen molar-refractivity contribution >= 4 is 33.2 Å². The SMILES string of the molecule is C=C(Nc1cc2cc(-c3cnn(C)c3)ccc2cn1)c1ccc2[nH]ccc2c1. The molecule has 2 aromatic carbocycles. The van der Waals surface area contributed by atoms with E-state index < -0.39 is 0 Å². The number of fused-ring (bicyclic) bond motifs is 2. The van der Waals surface area contributed by atoms with E-state index in [0.717, 1.165) is 49.9 Å². The van der Waals surface area contributed by atoms with E-state index in [1.165, 1.54) is 0 Å². The zero-order chi connectivity index (χ0) is 19.1. The fraction of sp³-hybridized carbons (Fsp3) is 0.0435. The Morgan fingerprint density at radius 1 is 0.964 bits per heavy atom. The Hall–Kier alpha value is -3.86. The van der Waals surface area contributed by atoms with E-state index in [4.69, 9.17) is 0 Å². The van der Waals surface area contributed by atoms with Gasteiger partial charge in [-0.3, -0.25) is 4.68 Å². The van der Waals surface area contributed by atoms with Crippen LogP contribution in [0, 0.1) is 0 Å². The van der Waals surface area contributed by atoms with Gasteiger partial charge < -0.3 is 10.3 Å². The van der Waals surface area contributed by atoms with Gasteiger partial charge in [0.15, 0.2) is 0 Å². The average Bonchev–Trinajstić information content (AvgIpc) is 3.35. The molecule has 0 bridgehead atoms. The van der Waals surface area contributed by atoms with Crippen LogP contribution in [0.5, 0.6) is 0 Å².